The predicted octanol–water partition coefficient (Wildman–Crippen LogP) is 2.60. The van der Waals surface area contributed by atoms with Gasteiger partial charge in [0.05, 0.1) is 0 Å². The summed E-state index contributed by atoms with van der Waals surface area (Å²) in [7, 11) is 0. The molecule has 2 heteroatoms. The fourth-order valence-corrected chi connectivity index (χ4v) is 2.46. The molecule has 1 saturated heterocycles. The summed E-state index contributed by atoms with van der Waals surface area (Å²) in [6, 6.07) is 11.5. The minimum Gasteiger partial charge on any atom is -0.298 e. The van der Waals surface area contributed by atoms with Crippen LogP contribution in [0.15, 0.2) is 30.3 Å². The van der Waals surface area contributed by atoms with E-state index >= 15 is 0 Å². The summed E-state index contributed by atoms with van der Waals surface area (Å²) in [5, 5.41) is 0. The molecular weight excluding hydrogens is 208 g/mol. The minimum atomic E-state index is 0.744. The molecule has 0 saturated carbocycles. The van der Waals surface area contributed by atoms with E-state index in [1.165, 1.54) is 38.2 Å². The second-order valence-electron chi connectivity index (χ2n) is 5.05. The fraction of sp³-hybridized carbons (Fsp3) is 0.600. The largest absolute Gasteiger partial charge is 0.298 e. The lowest BCUT2D eigenvalue weighted by Crippen LogP contribution is -2.48. The maximum Gasteiger partial charge on any atom is 0.0234 e. The number of piperazine rings is 1. The quantitative estimate of drug-likeness (QED) is 0.787. The van der Waals surface area contributed by atoms with E-state index in [1.807, 2.05) is 0 Å². The van der Waals surface area contributed by atoms with Gasteiger partial charge < -0.3 is 0 Å². The smallest absolute Gasteiger partial charge is 0.0234 e. The number of rotatable bonds is 4. The molecule has 1 fully saturated rings. The highest BCUT2D eigenvalue weighted by Crippen LogP contribution is 2.11. The van der Waals surface area contributed by atoms with Crippen LogP contribution in [-0.4, -0.2) is 42.0 Å². The van der Waals surface area contributed by atoms with E-state index in [0.29, 0.717) is 0 Å². The van der Waals surface area contributed by atoms with Crippen molar-refractivity contribution >= 4 is 0 Å². The topological polar surface area (TPSA) is 6.48 Å². The highest BCUT2D eigenvalue weighted by atomic mass is 15.3. The van der Waals surface area contributed by atoms with E-state index in [0.717, 1.165) is 12.6 Å². The van der Waals surface area contributed by atoms with Gasteiger partial charge in [0.25, 0.3) is 0 Å². The molecule has 1 heterocycles. The van der Waals surface area contributed by atoms with Gasteiger partial charge in [0, 0.05) is 38.8 Å². The first-order valence-electron chi connectivity index (χ1n) is 6.80. The van der Waals surface area contributed by atoms with Crippen molar-refractivity contribution in [1.29, 1.82) is 0 Å². The van der Waals surface area contributed by atoms with Crippen molar-refractivity contribution in [2.75, 3.05) is 26.2 Å². The molecule has 0 amide bonds. The maximum atomic E-state index is 2.61. The molecule has 0 radical (unpaired) electrons. The zero-order chi connectivity index (χ0) is 12.1. The van der Waals surface area contributed by atoms with E-state index in [2.05, 4.69) is 54.0 Å². The van der Waals surface area contributed by atoms with Crippen molar-refractivity contribution in [2.24, 2.45) is 0 Å². The molecule has 0 spiro atoms. The van der Waals surface area contributed by atoms with Gasteiger partial charge in [-0.15, -0.1) is 0 Å². The Balaban J connectivity index is 1.80. The second kappa shape index (κ2) is 6.18. The van der Waals surface area contributed by atoms with Crippen molar-refractivity contribution in [3.05, 3.63) is 35.9 Å². The molecule has 2 nitrogen and oxygen atoms in total. The summed E-state index contributed by atoms with van der Waals surface area (Å²) >= 11 is 0. The van der Waals surface area contributed by atoms with E-state index < -0.39 is 0 Å². The molecule has 1 atom stereocenters. The van der Waals surface area contributed by atoms with Crippen molar-refractivity contribution in [1.82, 2.24) is 9.80 Å². The first-order valence-corrected chi connectivity index (χ1v) is 6.80. The highest BCUT2D eigenvalue weighted by Gasteiger charge is 2.19. The molecule has 1 aliphatic heterocycles. The molecule has 0 aromatic heterocycles. The number of hydrogen-bond donors (Lipinski definition) is 0. The number of benzene rings is 1. The first-order chi connectivity index (χ1) is 8.29. The van der Waals surface area contributed by atoms with Crippen LogP contribution in [0, 0.1) is 0 Å². The Hall–Kier alpha value is -0.860. The maximum absolute atomic E-state index is 2.61. The summed E-state index contributed by atoms with van der Waals surface area (Å²) in [6.07, 6.45) is 1.26. The lowest BCUT2D eigenvalue weighted by molar-refractivity contribution is 0.0964. The minimum absolute atomic E-state index is 0.744. The van der Waals surface area contributed by atoms with Crippen LogP contribution < -0.4 is 0 Å². The molecule has 94 valence electrons. The van der Waals surface area contributed by atoms with Crippen LogP contribution in [0.25, 0.3) is 0 Å². The Bertz CT molecular complexity index is 315. The highest BCUT2D eigenvalue weighted by molar-refractivity contribution is 5.14. The summed E-state index contributed by atoms with van der Waals surface area (Å²) in [4.78, 5) is 5.18. The van der Waals surface area contributed by atoms with Gasteiger partial charge in [-0.3, -0.25) is 9.80 Å². The third-order valence-corrected chi connectivity index (χ3v) is 3.87. The third kappa shape index (κ3) is 3.55. The van der Waals surface area contributed by atoms with Crippen LogP contribution in [0.4, 0.5) is 0 Å². The van der Waals surface area contributed by atoms with Crippen molar-refractivity contribution in [2.45, 2.75) is 32.9 Å². The number of nitrogens with zero attached hydrogens (tertiary/aromatic N) is 2. The first kappa shape index (κ1) is 12.6. The Morgan fingerprint density at radius 2 is 1.71 bits per heavy atom. The van der Waals surface area contributed by atoms with E-state index in [4.69, 9.17) is 0 Å². The molecule has 1 aliphatic rings. The Morgan fingerprint density at radius 3 is 2.29 bits per heavy atom. The average molecular weight is 232 g/mol. The van der Waals surface area contributed by atoms with Crippen LogP contribution in [0.1, 0.15) is 25.8 Å². The van der Waals surface area contributed by atoms with Crippen molar-refractivity contribution < 1.29 is 0 Å². The predicted molar refractivity (Wildman–Crippen MR) is 73.0 cm³/mol. The van der Waals surface area contributed by atoms with E-state index in [9.17, 15) is 0 Å². The summed E-state index contributed by atoms with van der Waals surface area (Å²) in [5.41, 5.74) is 1.43. The van der Waals surface area contributed by atoms with Crippen LogP contribution >= 0.6 is 0 Å². The van der Waals surface area contributed by atoms with Gasteiger partial charge in [-0.2, -0.15) is 0 Å². The third-order valence-electron chi connectivity index (χ3n) is 3.87. The molecule has 0 aliphatic carbocycles. The van der Waals surface area contributed by atoms with Crippen LogP contribution in [0.3, 0.4) is 0 Å². The van der Waals surface area contributed by atoms with Gasteiger partial charge in [0.2, 0.25) is 0 Å². The molecule has 0 unspecified atom stereocenters. The molecule has 1 aromatic carbocycles. The standard InChI is InChI=1S/C15H24N2/c1-3-14(2)17-11-9-16(10-12-17)13-15-7-5-4-6-8-15/h4-8,14H,3,9-13H2,1-2H3/t14-/m1/s1. The van der Waals surface area contributed by atoms with E-state index in [1.54, 1.807) is 0 Å². The molecule has 17 heavy (non-hydrogen) atoms. The van der Waals surface area contributed by atoms with E-state index in [-0.39, 0.29) is 0 Å². The second-order valence-corrected chi connectivity index (χ2v) is 5.05. The zero-order valence-corrected chi connectivity index (χ0v) is 11.1. The lowest BCUT2D eigenvalue weighted by Gasteiger charge is -2.37. The van der Waals surface area contributed by atoms with Crippen LogP contribution in [0.2, 0.25) is 0 Å². The molecular formula is C15H24N2. The SMILES string of the molecule is CC[C@@H](C)N1CCN(Cc2ccccc2)CC1. The van der Waals surface area contributed by atoms with Gasteiger partial charge in [0.1, 0.15) is 0 Å². The summed E-state index contributed by atoms with van der Waals surface area (Å²) < 4.78 is 0. The fourth-order valence-electron chi connectivity index (χ4n) is 2.46. The lowest BCUT2D eigenvalue weighted by atomic mass is 10.1. The molecule has 0 N–H and O–H groups in total. The van der Waals surface area contributed by atoms with Crippen LogP contribution in [-0.2, 0) is 6.54 Å². The van der Waals surface area contributed by atoms with Crippen molar-refractivity contribution in [3.63, 3.8) is 0 Å². The normalized spacial score (nSPS) is 20.4. The Morgan fingerprint density at radius 1 is 1.06 bits per heavy atom. The van der Waals surface area contributed by atoms with Gasteiger partial charge in [-0.05, 0) is 18.9 Å². The molecule has 2 rings (SSSR count). The van der Waals surface area contributed by atoms with Gasteiger partial charge in [0.15, 0.2) is 0 Å². The number of hydrogen-bond acceptors (Lipinski definition) is 2. The Labute approximate surface area is 105 Å². The zero-order valence-electron chi connectivity index (χ0n) is 11.1. The monoisotopic (exact) mass is 232 g/mol. The van der Waals surface area contributed by atoms with Crippen molar-refractivity contribution in [3.8, 4) is 0 Å². The molecule has 1 aromatic rings. The van der Waals surface area contributed by atoms with Gasteiger partial charge in [-0.1, -0.05) is 37.3 Å². The average Bonchev–Trinajstić information content (AvgIpc) is 2.40. The summed E-state index contributed by atoms with van der Waals surface area (Å²) in [6.45, 7) is 10.6. The Kier molecular flexibility index (Phi) is 4.57. The van der Waals surface area contributed by atoms with Gasteiger partial charge in [-0.25, -0.2) is 0 Å². The summed E-state index contributed by atoms with van der Waals surface area (Å²) in [5.74, 6) is 0. The molecule has 0 bridgehead atoms. The van der Waals surface area contributed by atoms with Gasteiger partial charge >= 0.3 is 0 Å². The van der Waals surface area contributed by atoms with Crippen LogP contribution in [0.5, 0.6) is 0 Å².